The smallest absolute Gasteiger partial charge is 0.238 e. The highest BCUT2D eigenvalue weighted by Gasteiger charge is 2.55. The van der Waals surface area contributed by atoms with E-state index in [-0.39, 0.29) is 24.2 Å². The number of aliphatic hydroxyl groups excluding tert-OH is 2. The van der Waals surface area contributed by atoms with Crippen LogP contribution in [0.2, 0.25) is 0 Å². The summed E-state index contributed by atoms with van der Waals surface area (Å²) < 4.78 is 0.817. The number of aliphatic hydroxyl groups is 2. The standard InChI is InChI=1S/C39H38BrN3O5/c1-2-24-22-31-37(39(48)43(38(31)47)30-15-13-29(14-16-30)42-28-8-4-3-5-9-28)32(23-44)36(24)35(46)17-11-25(33-10-6-7-19-41-33)20-26-21-27(40)12-18-34(26)45/h3-10,12-16,18-21,31-32,35,37,42,44-46H,2,11,17,22-23H2,1H3/b25-20-/t31-,32+,35-,37-/m1/s1. The molecule has 4 atom stereocenters. The summed E-state index contributed by atoms with van der Waals surface area (Å²) in [7, 11) is 0. The number of para-hydroxylation sites is 1. The van der Waals surface area contributed by atoms with Gasteiger partial charge in [0.15, 0.2) is 0 Å². The summed E-state index contributed by atoms with van der Waals surface area (Å²) in [4.78, 5) is 33.6. The Bertz CT molecular complexity index is 1840. The Morgan fingerprint density at radius 2 is 1.73 bits per heavy atom. The van der Waals surface area contributed by atoms with E-state index in [0.29, 0.717) is 48.2 Å². The van der Waals surface area contributed by atoms with Crippen LogP contribution in [0.4, 0.5) is 17.1 Å². The molecule has 48 heavy (non-hydrogen) atoms. The second-order valence-corrected chi connectivity index (χ2v) is 13.1. The predicted octanol–water partition coefficient (Wildman–Crippen LogP) is 7.50. The zero-order valence-corrected chi connectivity index (χ0v) is 28.2. The van der Waals surface area contributed by atoms with E-state index in [4.69, 9.17) is 0 Å². The van der Waals surface area contributed by atoms with E-state index >= 15 is 0 Å². The molecule has 4 aromatic rings. The molecule has 0 saturated carbocycles. The number of nitrogens with zero attached hydrogens (tertiary/aromatic N) is 2. The van der Waals surface area contributed by atoms with Crippen molar-refractivity contribution in [2.45, 2.75) is 38.7 Å². The fourth-order valence-corrected chi connectivity index (χ4v) is 7.42. The summed E-state index contributed by atoms with van der Waals surface area (Å²) in [5.74, 6) is -2.57. The van der Waals surface area contributed by atoms with Gasteiger partial charge in [0, 0.05) is 33.5 Å². The van der Waals surface area contributed by atoms with Crippen molar-refractivity contribution in [3.8, 4) is 5.75 Å². The lowest BCUT2D eigenvalue weighted by Crippen LogP contribution is -2.39. The van der Waals surface area contributed by atoms with E-state index in [1.54, 1.807) is 30.5 Å². The second-order valence-electron chi connectivity index (χ2n) is 12.2. The summed E-state index contributed by atoms with van der Waals surface area (Å²) in [5.41, 5.74) is 5.93. The third-order valence-corrected chi connectivity index (χ3v) is 9.85. The predicted molar refractivity (Wildman–Crippen MR) is 191 cm³/mol. The summed E-state index contributed by atoms with van der Waals surface area (Å²) >= 11 is 3.47. The van der Waals surface area contributed by atoms with E-state index < -0.39 is 23.9 Å². The number of carbonyl (C=O) groups is 2. The van der Waals surface area contributed by atoms with Crippen LogP contribution >= 0.6 is 15.9 Å². The molecule has 0 spiro atoms. The van der Waals surface area contributed by atoms with E-state index in [9.17, 15) is 24.9 Å². The van der Waals surface area contributed by atoms with Crippen LogP contribution in [0.3, 0.4) is 0 Å². The van der Waals surface area contributed by atoms with Crippen molar-refractivity contribution in [2.24, 2.45) is 17.8 Å². The van der Waals surface area contributed by atoms with Crippen LogP contribution in [0.15, 0.2) is 113 Å². The number of carbonyl (C=O) groups excluding carboxylic acids is 2. The lowest BCUT2D eigenvalue weighted by Gasteiger charge is -2.36. The first-order valence-electron chi connectivity index (χ1n) is 16.2. The number of anilines is 3. The third kappa shape index (κ3) is 6.85. The number of halogens is 1. The number of hydrogen-bond acceptors (Lipinski definition) is 7. The maximum absolute atomic E-state index is 14.0. The molecule has 0 radical (unpaired) electrons. The first kappa shape index (κ1) is 33.3. The number of imide groups is 1. The van der Waals surface area contributed by atoms with Crippen molar-refractivity contribution in [1.82, 2.24) is 4.98 Å². The number of aromatic nitrogens is 1. The lowest BCUT2D eigenvalue weighted by atomic mass is 9.67. The van der Waals surface area contributed by atoms with Gasteiger partial charge in [-0.1, -0.05) is 52.7 Å². The second kappa shape index (κ2) is 14.7. The molecule has 2 amide bonds. The van der Waals surface area contributed by atoms with Gasteiger partial charge in [-0.15, -0.1) is 0 Å². The molecular formula is C39H38BrN3O5. The maximum Gasteiger partial charge on any atom is 0.238 e. The molecule has 1 fully saturated rings. The minimum Gasteiger partial charge on any atom is -0.507 e. The molecule has 1 saturated heterocycles. The van der Waals surface area contributed by atoms with Crippen LogP contribution in [0, 0.1) is 17.8 Å². The number of pyridine rings is 1. The molecule has 1 aromatic heterocycles. The Kier molecular flexibility index (Phi) is 10.2. The fourth-order valence-electron chi connectivity index (χ4n) is 7.04. The largest absolute Gasteiger partial charge is 0.507 e. The molecule has 2 aliphatic rings. The number of benzene rings is 3. The highest BCUT2D eigenvalue weighted by Crippen LogP contribution is 2.48. The average Bonchev–Trinajstić information content (AvgIpc) is 3.36. The van der Waals surface area contributed by atoms with Gasteiger partial charge in [-0.3, -0.25) is 19.5 Å². The van der Waals surface area contributed by atoms with Crippen molar-refractivity contribution >= 4 is 56.5 Å². The van der Waals surface area contributed by atoms with E-state index in [0.717, 1.165) is 27.0 Å². The number of allylic oxidation sites excluding steroid dienone is 2. The SMILES string of the molecule is CCC1=C([C@H](O)CC/C(=C/c2cc(Br)ccc2O)c2ccccn2)[C@H](CO)[C@@H]2C(=O)N(c3ccc(Nc4ccccc4)cc3)C(=O)[C@@H]2C1. The highest BCUT2D eigenvalue weighted by atomic mass is 79.9. The van der Waals surface area contributed by atoms with Gasteiger partial charge in [-0.2, -0.15) is 0 Å². The topological polar surface area (TPSA) is 123 Å². The number of rotatable bonds is 11. The molecular weight excluding hydrogens is 670 g/mol. The number of phenols is 1. The monoisotopic (exact) mass is 707 g/mol. The molecule has 8 nitrogen and oxygen atoms in total. The van der Waals surface area contributed by atoms with Crippen LogP contribution in [-0.2, 0) is 9.59 Å². The summed E-state index contributed by atoms with van der Waals surface area (Å²) in [6, 6.07) is 27.7. The molecule has 0 bridgehead atoms. The van der Waals surface area contributed by atoms with Gasteiger partial charge in [-0.25, -0.2) is 0 Å². The molecule has 4 N–H and O–H groups in total. The van der Waals surface area contributed by atoms with E-state index in [1.165, 1.54) is 4.90 Å². The zero-order valence-electron chi connectivity index (χ0n) is 26.6. The fraction of sp³-hybridized carbons (Fsp3) is 0.256. The van der Waals surface area contributed by atoms with Gasteiger partial charge in [0.25, 0.3) is 0 Å². The third-order valence-electron chi connectivity index (χ3n) is 9.35. The van der Waals surface area contributed by atoms with Crippen molar-refractivity contribution in [1.29, 1.82) is 0 Å². The number of aromatic hydroxyl groups is 1. The highest BCUT2D eigenvalue weighted by molar-refractivity contribution is 9.10. The minimum atomic E-state index is -0.957. The average molecular weight is 709 g/mol. The van der Waals surface area contributed by atoms with Gasteiger partial charge in [0.1, 0.15) is 5.75 Å². The van der Waals surface area contributed by atoms with E-state index in [2.05, 4.69) is 26.2 Å². The number of fused-ring (bicyclic) bond motifs is 1. The molecule has 3 aromatic carbocycles. The number of phenolic OH excluding ortho intramolecular Hbond substituents is 1. The van der Waals surface area contributed by atoms with Crippen LogP contribution < -0.4 is 10.2 Å². The maximum atomic E-state index is 14.0. The van der Waals surface area contributed by atoms with Gasteiger partial charge >= 0.3 is 0 Å². The van der Waals surface area contributed by atoms with Crippen LogP contribution in [0.1, 0.15) is 43.9 Å². The Hall–Kier alpha value is -4.57. The molecule has 6 rings (SSSR count). The lowest BCUT2D eigenvalue weighted by molar-refractivity contribution is -0.123. The molecule has 0 unspecified atom stereocenters. The van der Waals surface area contributed by atoms with Crippen LogP contribution in [0.25, 0.3) is 11.6 Å². The minimum absolute atomic E-state index is 0.123. The van der Waals surface area contributed by atoms with Crippen LogP contribution in [0.5, 0.6) is 5.75 Å². The Balaban J connectivity index is 1.24. The van der Waals surface area contributed by atoms with Crippen molar-refractivity contribution < 1.29 is 24.9 Å². The normalized spacial score (nSPS) is 20.2. The Morgan fingerprint density at radius 1 is 1.00 bits per heavy atom. The van der Waals surface area contributed by atoms with Crippen LogP contribution in [-0.4, -0.2) is 44.8 Å². The summed E-state index contributed by atoms with van der Waals surface area (Å²) in [5, 5.41) is 36.3. The molecule has 9 heteroatoms. The first-order valence-corrected chi connectivity index (χ1v) is 17.0. The molecule has 2 heterocycles. The van der Waals surface area contributed by atoms with Gasteiger partial charge < -0.3 is 20.6 Å². The quantitative estimate of drug-likeness (QED) is 0.0941. The summed E-state index contributed by atoms with van der Waals surface area (Å²) in [6.45, 7) is 1.61. The molecule has 1 aliphatic heterocycles. The van der Waals surface area contributed by atoms with Gasteiger partial charge in [0.2, 0.25) is 11.8 Å². The van der Waals surface area contributed by atoms with E-state index in [1.807, 2.05) is 79.7 Å². The summed E-state index contributed by atoms with van der Waals surface area (Å²) in [6.07, 6.45) is 4.26. The van der Waals surface area contributed by atoms with Gasteiger partial charge in [-0.05, 0) is 110 Å². The first-order chi connectivity index (χ1) is 23.3. The number of hydrogen-bond donors (Lipinski definition) is 4. The van der Waals surface area contributed by atoms with Gasteiger partial charge in [0.05, 0.1) is 35.9 Å². The van der Waals surface area contributed by atoms with Crippen molar-refractivity contribution in [3.05, 3.63) is 124 Å². The number of nitrogens with one attached hydrogen (secondary N) is 1. The zero-order chi connectivity index (χ0) is 33.8. The van der Waals surface area contributed by atoms with Crippen molar-refractivity contribution in [2.75, 3.05) is 16.8 Å². The Labute approximate surface area is 288 Å². The van der Waals surface area contributed by atoms with Crippen molar-refractivity contribution in [3.63, 3.8) is 0 Å². The number of amides is 2. The molecule has 1 aliphatic carbocycles. The Morgan fingerprint density at radius 3 is 2.42 bits per heavy atom. The molecule has 246 valence electrons.